The minimum atomic E-state index is 0.778. The van der Waals surface area contributed by atoms with Crippen molar-refractivity contribution in [3.05, 3.63) is 0 Å². The zero-order valence-electron chi connectivity index (χ0n) is 7.42. The van der Waals surface area contributed by atoms with Crippen LogP contribution in [0.3, 0.4) is 0 Å². The second kappa shape index (κ2) is 4.36. The summed E-state index contributed by atoms with van der Waals surface area (Å²) >= 11 is 3.78. The average molecular weight is 174 g/mol. The van der Waals surface area contributed by atoms with Gasteiger partial charge in [-0.3, -0.25) is 0 Å². The van der Waals surface area contributed by atoms with Gasteiger partial charge in [0.2, 0.25) is 0 Å². The molecule has 1 saturated carbocycles. The smallest absolute Gasteiger partial charge is 0.0638 e. The lowest BCUT2D eigenvalue weighted by Gasteiger charge is -2.13. The zero-order chi connectivity index (χ0) is 8.27. The Labute approximate surface area is 75.1 Å². The van der Waals surface area contributed by atoms with Crippen LogP contribution in [0.2, 0.25) is 0 Å². The normalized spacial score (nSPS) is 31.6. The van der Waals surface area contributed by atoms with Crippen LogP contribution in [0.25, 0.3) is 0 Å². The van der Waals surface area contributed by atoms with Crippen LogP contribution < -0.4 is 0 Å². The summed E-state index contributed by atoms with van der Waals surface area (Å²) in [4.78, 5) is 0. The molecule has 1 aliphatic rings. The Kier molecular flexibility index (Phi) is 3.73. The first-order valence-corrected chi connectivity index (χ1v) is 4.87. The van der Waals surface area contributed by atoms with E-state index in [1.165, 1.54) is 19.3 Å². The summed E-state index contributed by atoms with van der Waals surface area (Å²) in [5.41, 5.74) is 0. The molecule has 0 amide bonds. The SMILES string of the molecule is CC(C)C1CCC(COS)C1. The standard InChI is InChI=1S/C9H18OS/c1-7(2)9-4-3-8(5-9)6-10-11/h7-9,11H,3-6H2,1-2H3. The third-order valence-electron chi connectivity index (χ3n) is 2.83. The van der Waals surface area contributed by atoms with Crippen molar-refractivity contribution in [2.45, 2.75) is 33.1 Å². The second-order valence-electron chi connectivity index (χ2n) is 3.98. The number of thiol groups is 1. The van der Waals surface area contributed by atoms with Crippen LogP contribution in [0.5, 0.6) is 0 Å². The van der Waals surface area contributed by atoms with Crippen LogP contribution in [0.4, 0.5) is 0 Å². The van der Waals surface area contributed by atoms with Crippen LogP contribution in [0.15, 0.2) is 0 Å². The fourth-order valence-corrected chi connectivity index (χ4v) is 2.19. The molecule has 0 aromatic heterocycles. The van der Waals surface area contributed by atoms with Crippen LogP contribution in [0.1, 0.15) is 33.1 Å². The van der Waals surface area contributed by atoms with Crippen LogP contribution in [-0.4, -0.2) is 6.61 Å². The highest BCUT2D eigenvalue weighted by atomic mass is 32.1. The quantitative estimate of drug-likeness (QED) is 0.511. The summed E-state index contributed by atoms with van der Waals surface area (Å²) in [5.74, 6) is 2.56. The lowest BCUT2D eigenvalue weighted by atomic mass is 9.93. The fourth-order valence-electron chi connectivity index (χ4n) is 1.98. The second-order valence-corrected chi connectivity index (χ2v) is 4.24. The molecular weight excluding hydrogens is 156 g/mol. The third-order valence-corrected chi connectivity index (χ3v) is 2.98. The van der Waals surface area contributed by atoms with Crippen molar-refractivity contribution in [3.63, 3.8) is 0 Å². The topological polar surface area (TPSA) is 9.23 Å². The molecule has 0 N–H and O–H groups in total. The Hall–Kier alpha value is 0.310. The molecule has 0 heterocycles. The maximum atomic E-state index is 4.85. The van der Waals surface area contributed by atoms with E-state index < -0.39 is 0 Å². The van der Waals surface area contributed by atoms with E-state index in [0.717, 1.165) is 24.4 Å². The predicted octanol–water partition coefficient (Wildman–Crippen LogP) is 2.92. The average Bonchev–Trinajstić information content (AvgIpc) is 2.37. The minimum Gasteiger partial charge on any atom is -0.318 e. The van der Waals surface area contributed by atoms with Crippen molar-refractivity contribution in [3.8, 4) is 0 Å². The van der Waals surface area contributed by atoms with Gasteiger partial charge in [-0.1, -0.05) is 13.8 Å². The van der Waals surface area contributed by atoms with Gasteiger partial charge in [-0.05, 0) is 49.9 Å². The Morgan fingerprint density at radius 1 is 1.45 bits per heavy atom. The first-order chi connectivity index (χ1) is 5.24. The molecule has 0 bridgehead atoms. The molecule has 1 rings (SSSR count). The van der Waals surface area contributed by atoms with E-state index in [1.807, 2.05) is 0 Å². The lowest BCUT2D eigenvalue weighted by molar-refractivity contribution is 0.281. The van der Waals surface area contributed by atoms with Gasteiger partial charge in [0.15, 0.2) is 0 Å². The lowest BCUT2D eigenvalue weighted by Crippen LogP contribution is -2.06. The van der Waals surface area contributed by atoms with E-state index in [0.29, 0.717) is 0 Å². The minimum absolute atomic E-state index is 0.778. The Morgan fingerprint density at radius 2 is 2.18 bits per heavy atom. The van der Waals surface area contributed by atoms with Gasteiger partial charge in [0.25, 0.3) is 0 Å². The summed E-state index contributed by atoms with van der Waals surface area (Å²) in [6, 6.07) is 0. The van der Waals surface area contributed by atoms with Crippen molar-refractivity contribution in [1.29, 1.82) is 0 Å². The van der Waals surface area contributed by atoms with Crippen molar-refractivity contribution >= 4 is 12.9 Å². The highest BCUT2D eigenvalue weighted by molar-refractivity contribution is 7.75. The van der Waals surface area contributed by atoms with E-state index >= 15 is 0 Å². The molecular formula is C9H18OS. The molecule has 0 radical (unpaired) electrons. The highest BCUT2D eigenvalue weighted by Gasteiger charge is 2.26. The number of hydrogen-bond donors (Lipinski definition) is 1. The fraction of sp³-hybridized carbons (Fsp3) is 1.00. The van der Waals surface area contributed by atoms with Crippen LogP contribution in [-0.2, 0) is 4.18 Å². The van der Waals surface area contributed by atoms with Gasteiger partial charge in [-0.15, -0.1) is 0 Å². The van der Waals surface area contributed by atoms with Crippen molar-refractivity contribution in [1.82, 2.24) is 0 Å². The van der Waals surface area contributed by atoms with Gasteiger partial charge in [0.05, 0.1) is 6.61 Å². The van der Waals surface area contributed by atoms with Crippen molar-refractivity contribution in [2.75, 3.05) is 6.61 Å². The van der Waals surface area contributed by atoms with Gasteiger partial charge in [0, 0.05) is 0 Å². The van der Waals surface area contributed by atoms with Gasteiger partial charge in [-0.2, -0.15) is 0 Å². The third kappa shape index (κ3) is 2.68. The van der Waals surface area contributed by atoms with E-state index in [9.17, 15) is 0 Å². The summed E-state index contributed by atoms with van der Waals surface area (Å²) in [6.07, 6.45) is 4.07. The van der Waals surface area contributed by atoms with Gasteiger partial charge in [0.1, 0.15) is 0 Å². The van der Waals surface area contributed by atoms with E-state index in [-0.39, 0.29) is 0 Å². The van der Waals surface area contributed by atoms with Gasteiger partial charge < -0.3 is 4.18 Å². The number of rotatable bonds is 3. The first kappa shape index (κ1) is 9.40. The molecule has 0 saturated heterocycles. The molecule has 1 aliphatic carbocycles. The molecule has 2 heteroatoms. The van der Waals surface area contributed by atoms with Gasteiger partial charge >= 0.3 is 0 Å². The van der Waals surface area contributed by atoms with E-state index in [2.05, 4.69) is 26.8 Å². The molecule has 0 aromatic rings. The maximum Gasteiger partial charge on any atom is 0.0638 e. The molecule has 11 heavy (non-hydrogen) atoms. The molecule has 0 aromatic carbocycles. The van der Waals surface area contributed by atoms with Crippen LogP contribution in [0, 0.1) is 17.8 Å². The molecule has 66 valence electrons. The zero-order valence-corrected chi connectivity index (χ0v) is 8.31. The molecule has 1 fully saturated rings. The molecule has 0 aliphatic heterocycles. The molecule has 2 atom stereocenters. The molecule has 2 unspecified atom stereocenters. The van der Waals surface area contributed by atoms with Crippen molar-refractivity contribution < 1.29 is 4.18 Å². The largest absolute Gasteiger partial charge is 0.318 e. The summed E-state index contributed by atoms with van der Waals surface area (Å²) in [5, 5.41) is 0. The van der Waals surface area contributed by atoms with Crippen molar-refractivity contribution in [2.24, 2.45) is 17.8 Å². The van der Waals surface area contributed by atoms with Crippen LogP contribution >= 0.6 is 12.9 Å². The monoisotopic (exact) mass is 174 g/mol. The Balaban J connectivity index is 2.23. The van der Waals surface area contributed by atoms with Gasteiger partial charge in [-0.25, -0.2) is 0 Å². The summed E-state index contributed by atoms with van der Waals surface area (Å²) in [6.45, 7) is 5.47. The highest BCUT2D eigenvalue weighted by Crippen LogP contribution is 2.35. The summed E-state index contributed by atoms with van der Waals surface area (Å²) < 4.78 is 4.85. The number of hydrogen-bond acceptors (Lipinski definition) is 2. The molecule has 1 nitrogen and oxygen atoms in total. The van der Waals surface area contributed by atoms with E-state index in [1.54, 1.807) is 0 Å². The Morgan fingerprint density at radius 3 is 2.64 bits per heavy atom. The Bertz CT molecular complexity index is 114. The van der Waals surface area contributed by atoms with E-state index in [4.69, 9.17) is 4.18 Å². The molecule has 0 spiro atoms. The summed E-state index contributed by atoms with van der Waals surface area (Å²) in [7, 11) is 0. The first-order valence-electron chi connectivity index (χ1n) is 4.50. The maximum absolute atomic E-state index is 4.85. The predicted molar refractivity (Wildman–Crippen MR) is 50.6 cm³/mol.